The molecule has 0 fully saturated rings. The smallest absolute Gasteiger partial charge is 0.244 e. The molecule has 0 heterocycles. The molecular formula is C12H14BrNO. The molecule has 1 atom stereocenters. The SMILES string of the molecule is C/C=C/C(=O)N[C@@H](C)c1ccc(Br)cc1. The van der Waals surface area contributed by atoms with Gasteiger partial charge in [-0.2, -0.15) is 0 Å². The summed E-state index contributed by atoms with van der Waals surface area (Å²) in [5.41, 5.74) is 1.09. The third-order valence-corrected chi connectivity index (χ3v) is 2.58. The number of rotatable bonds is 3. The van der Waals surface area contributed by atoms with E-state index in [2.05, 4.69) is 21.2 Å². The van der Waals surface area contributed by atoms with Gasteiger partial charge in [-0.25, -0.2) is 0 Å². The van der Waals surface area contributed by atoms with Gasteiger partial charge in [0.15, 0.2) is 0 Å². The minimum absolute atomic E-state index is 0.0294. The van der Waals surface area contributed by atoms with Crippen molar-refractivity contribution in [2.75, 3.05) is 0 Å². The molecule has 1 amide bonds. The van der Waals surface area contributed by atoms with Gasteiger partial charge in [0.25, 0.3) is 0 Å². The second-order valence-corrected chi connectivity index (χ2v) is 4.20. The summed E-state index contributed by atoms with van der Waals surface area (Å²) >= 11 is 3.37. The van der Waals surface area contributed by atoms with Crippen molar-refractivity contribution in [3.05, 3.63) is 46.5 Å². The molecule has 1 aromatic rings. The van der Waals surface area contributed by atoms with Crippen molar-refractivity contribution in [1.82, 2.24) is 5.32 Å². The van der Waals surface area contributed by atoms with E-state index in [0.717, 1.165) is 10.0 Å². The van der Waals surface area contributed by atoms with E-state index in [0.29, 0.717) is 0 Å². The molecule has 0 unspecified atom stereocenters. The molecule has 0 bridgehead atoms. The summed E-state index contributed by atoms with van der Waals surface area (Å²) in [7, 11) is 0. The second-order valence-electron chi connectivity index (χ2n) is 3.28. The Morgan fingerprint density at radius 1 is 1.40 bits per heavy atom. The summed E-state index contributed by atoms with van der Waals surface area (Å²) in [5.74, 6) is -0.0621. The van der Waals surface area contributed by atoms with Gasteiger partial charge >= 0.3 is 0 Å². The number of halogens is 1. The van der Waals surface area contributed by atoms with E-state index in [1.165, 1.54) is 6.08 Å². The first-order valence-corrected chi connectivity index (χ1v) is 5.61. The molecule has 1 aromatic carbocycles. The zero-order valence-electron chi connectivity index (χ0n) is 8.83. The molecule has 0 aliphatic carbocycles. The maximum absolute atomic E-state index is 11.3. The lowest BCUT2D eigenvalue weighted by Crippen LogP contribution is -2.24. The molecule has 0 aliphatic rings. The van der Waals surface area contributed by atoms with Crippen molar-refractivity contribution in [3.63, 3.8) is 0 Å². The van der Waals surface area contributed by atoms with Crippen molar-refractivity contribution in [2.45, 2.75) is 19.9 Å². The lowest BCUT2D eigenvalue weighted by molar-refractivity contribution is -0.117. The highest BCUT2D eigenvalue weighted by atomic mass is 79.9. The highest BCUT2D eigenvalue weighted by Crippen LogP contribution is 2.16. The lowest BCUT2D eigenvalue weighted by atomic mass is 10.1. The Labute approximate surface area is 98.5 Å². The number of nitrogens with one attached hydrogen (secondary N) is 1. The summed E-state index contributed by atoms with van der Waals surface area (Å²) in [5, 5.41) is 2.88. The molecule has 2 nitrogen and oxygen atoms in total. The van der Waals surface area contributed by atoms with Gasteiger partial charge in [-0.1, -0.05) is 34.1 Å². The molecular weight excluding hydrogens is 254 g/mol. The monoisotopic (exact) mass is 267 g/mol. The van der Waals surface area contributed by atoms with Crippen molar-refractivity contribution in [2.24, 2.45) is 0 Å². The molecule has 0 saturated carbocycles. The van der Waals surface area contributed by atoms with Crippen LogP contribution >= 0.6 is 15.9 Å². The topological polar surface area (TPSA) is 29.1 Å². The van der Waals surface area contributed by atoms with E-state index < -0.39 is 0 Å². The standard InChI is InChI=1S/C12H14BrNO/c1-3-4-12(15)14-9(2)10-5-7-11(13)8-6-10/h3-9H,1-2H3,(H,14,15)/b4-3+/t9-/m0/s1. The summed E-state index contributed by atoms with van der Waals surface area (Å²) < 4.78 is 1.04. The van der Waals surface area contributed by atoms with Gasteiger partial charge in [-0.15, -0.1) is 0 Å². The number of allylic oxidation sites excluding steroid dienone is 1. The number of benzene rings is 1. The van der Waals surface area contributed by atoms with Crippen LogP contribution in [0, 0.1) is 0 Å². The first-order valence-electron chi connectivity index (χ1n) is 4.82. The summed E-state index contributed by atoms with van der Waals surface area (Å²) in [6.07, 6.45) is 3.25. The Hall–Kier alpha value is -1.09. The first kappa shape index (κ1) is 12.0. The van der Waals surface area contributed by atoms with Gasteiger partial charge in [0.05, 0.1) is 6.04 Å². The number of hydrogen-bond donors (Lipinski definition) is 1. The van der Waals surface area contributed by atoms with Gasteiger partial charge in [-0.3, -0.25) is 4.79 Å². The van der Waals surface area contributed by atoms with Crippen molar-refractivity contribution in [1.29, 1.82) is 0 Å². The third-order valence-electron chi connectivity index (χ3n) is 2.05. The van der Waals surface area contributed by atoms with Crippen LogP contribution in [0.2, 0.25) is 0 Å². The predicted molar refractivity (Wildman–Crippen MR) is 65.5 cm³/mol. The molecule has 1 rings (SSSR count). The minimum atomic E-state index is -0.0621. The molecule has 3 heteroatoms. The van der Waals surface area contributed by atoms with Crippen molar-refractivity contribution >= 4 is 21.8 Å². The molecule has 0 spiro atoms. The molecule has 15 heavy (non-hydrogen) atoms. The van der Waals surface area contributed by atoms with E-state index in [1.54, 1.807) is 6.08 Å². The van der Waals surface area contributed by atoms with Crippen LogP contribution < -0.4 is 5.32 Å². The molecule has 0 saturated heterocycles. The molecule has 0 radical (unpaired) electrons. The fourth-order valence-corrected chi connectivity index (χ4v) is 1.51. The minimum Gasteiger partial charge on any atom is -0.346 e. The van der Waals surface area contributed by atoms with Gasteiger partial charge in [0, 0.05) is 4.47 Å². The van der Waals surface area contributed by atoms with E-state index in [1.807, 2.05) is 38.1 Å². The van der Waals surface area contributed by atoms with E-state index >= 15 is 0 Å². The van der Waals surface area contributed by atoms with Crippen molar-refractivity contribution in [3.8, 4) is 0 Å². The number of amides is 1. The zero-order chi connectivity index (χ0) is 11.3. The quantitative estimate of drug-likeness (QED) is 0.838. The first-order chi connectivity index (χ1) is 7.13. The zero-order valence-corrected chi connectivity index (χ0v) is 10.4. The summed E-state index contributed by atoms with van der Waals surface area (Å²) in [4.78, 5) is 11.3. The summed E-state index contributed by atoms with van der Waals surface area (Å²) in [6.45, 7) is 3.79. The van der Waals surface area contributed by atoms with Crippen LogP contribution in [0.3, 0.4) is 0 Å². The average Bonchev–Trinajstić information content (AvgIpc) is 2.18. The van der Waals surface area contributed by atoms with Gasteiger partial charge in [0.1, 0.15) is 0 Å². The van der Waals surface area contributed by atoms with Crippen LogP contribution in [-0.4, -0.2) is 5.91 Å². The van der Waals surface area contributed by atoms with Crippen LogP contribution in [-0.2, 0) is 4.79 Å². The Morgan fingerprint density at radius 2 is 2.00 bits per heavy atom. The predicted octanol–water partition coefficient (Wildman–Crippen LogP) is 3.20. The largest absolute Gasteiger partial charge is 0.346 e. The van der Waals surface area contributed by atoms with Crippen LogP contribution in [0.15, 0.2) is 40.9 Å². The van der Waals surface area contributed by atoms with E-state index in [-0.39, 0.29) is 11.9 Å². The van der Waals surface area contributed by atoms with E-state index in [9.17, 15) is 4.79 Å². The number of carbonyl (C=O) groups is 1. The Morgan fingerprint density at radius 3 is 2.53 bits per heavy atom. The fraction of sp³-hybridized carbons (Fsp3) is 0.250. The van der Waals surface area contributed by atoms with Crippen molar-refractivity contribution < 1.29 is 4.79 Å². The second kappa shape index (κ2) is 5.71. The van der Waals surface area contributed by atoms with Crippen LogP contribution in [0.4, 0.5) is 0 Å². The molecule has 0 aromatic heterocycles. The fourth-order valence-electron chi connectivity index (χ4n) is 1.25. The highest BCUT2D eigenvalue weighted by Gasteiger charge is 2.06. The number of carbonyl (C=O) groups excluding carboxylic acids is 1. The molecule has 80 valence electrons. The van der Waals surface area contributed by atoms with E-state index in [4.69, 9.17) is 0 Å². The normalized spacial score (nSPS) is 12.7. The Balaban J connectivity index is 2.64. The van der Waals surface area contributed by atoms with Crippen LogP contribution in [0.1, 0.15) is 25.5 Å². The number of hydrogen-bond acceptors (Lipinski definition) is 1. The molecule has 0 aliphatic heterocycles. The van der Waals surface area contributed by atoms with Gasteiger partial charge in [-0.05, 0) is 37.6 Å². The maximum Gasteiger partial charge on any atom is 0.244 e. The summed E-state index contributed by atoms with van der Waals surface area (Å²) in [6, 6.07) is 7.94. The van der Waals surface area contributed by atoms with Gasteiger partial charge < -0.3 is 5.32 Å². The van der Waals surface area contributed by atoms with Crippen LogP contribution in [0.5, 0.6) is 0 Å². The maximum atomic E-state index is 11.3. The van der Waals surface area contributed by atoms with Crippen LogP contribution in [0.25, 0.3) is 0 Å². The Bertz CT molecular complexity index is 356. The molecule has 1 N–H and O–H groups in total. The Kier molecular flexibility index (Phi) is 4.56. The average molecular weight is 268 g/mol. The third kappa shape index (κ3) is 3.88. The lowest BCUT2D eigenvalue weighted by Gasteiger charge is -2.12. The van der Waals surface area contributed by atoms with Gasteiger partial charge in [0.2, 0.25) is 5.91 Å². The highest BCUT2D eigenvalue weighted by molar-refractivity contribution is 9.10.